The van der Waals surface area contributed by atoms with Gasteiger partial charge in [0.05, 0.1) is 22.1 Å². The summed E-state index contributed by atoms with van der Waals surface area (Å²) in [7, 11) is 0. The summed E-state index contributed by atoms with van der Waals surface area (Å²) in [5.74, 6) is 1.83. The number of hydrogen-bond acceptors (Lipinski definition) is 5. The molecule has 11 rings (SSSR count). The maximum atomic E-state index is 6.96. The van der Waals surface area contributed by atoms with E-state index < -0.39 is 0 Å². The van der Waals surface area contributed by atoms with Crippen molar-refractivity contribution >= 4 is 65.7 Å². The van der Waals surface area contributed by atoms with Gasteiger partial charge in [0.25, 0.3) is 0 Å². The van der Waals surface area contributed by atoms with Crippen molar-refractivity contribution in [2.45, 2.75) is 0 Å². The summed E-state index contributed by atoms with van der Waals surface area (Å²) in [6.07, 6.45) is 0. The summed E-state index contributed by atoms with van der Waals surface area (Å²) in [6, 6.07) is 53.8. The molecule has 238 valence electrons. The smallest absolute Gasteiger partial charge is 0.164 e. The van der Waals surface area contributed by atoms with Crippen LogP contribution in [0.1, 0.15) is 0 Å². The molecule has 0 N–H and O–H groups in total. The minimum absolute atomic E-state index is 0.587. The van der Waals surface area contributed by atoms with E-state index >= 15 is 0 Å². The third kappa shape index (κ3) is 4.20. The van der Waals surface area contributed by atoms with Gasteiger partial charge in [-0.2, -0.15) is 0 Å². The Kier molecular flexibility index (Phi) is 5.86. The van der Waals surface area contributed by atoms with Gasteiger partial charge in [0.2, 0.25) is 0 Å². The number of hydrogen-bond donors (Lipinski definition) is 0. The third-order valence-corrected chi connectivity index (χ3v) is 9.86. The topological polar surface area (TPSA) is 69.9 Å². The lowest BCUT2D eigenvalue weighted by Crippen LogP contribution is -2.00. The van der Waals surface area contributed by atoms with E-state index in [0.29, 0.717) is 17.5 Å². The summed E-state index contributed by atoms with van der Waals surface area (Å²) in [6.45, 7) is 0. The molecule has 6 heteroatoms. The average Bonchev–Trinajstić information content (AvgIpc) is 3.88. The summed E-state index contributed by atoms with van der Waals surface area (Å²) in [5, 5.41) is 6.37. The second-order valence-electron chi connectivity index (χ2n) is 12.8. The Balaban J connectivity index is 1.15. The van der Waals surface area contributed by atoms with Crippen molar-refractivity contribution in [3.8, 4) is 39.9 Å². The van der Waals surface area contributed by atoms with Crippen molar-refractivity contribution in [2.24, 2.45) is 0 Å². The zero-order valence-electron chi connectivity index (χ0n) is 27.1. The lowest BCUT2D eigenvalue weighted by Gasteiger charge is -2.08. The van der Waals surface area contributed by atoms with Gasteiger partial charge in [-0.25, -0.2) is 15.0 Å². The molecule has 11 aromatic rings. The largest absolute Gasteiger partial charge is 0.456 e. The minimum atomic E-state index is 0.587. The Morgan fingerprint density at radius 3 is 1.59 bits per heavy atom. The number of fused-ring (bicyclic) bond motifs is 10. The van der Waals surface area contributed by atoms with Crippen LogP contribution in [-0.4, -0.2) is 19.5 Å². The first-order chi connectivity index (χ1) is 25.3. The maximum absolute atomic E-state index is 6.96. The second kappa shape index (κ2) is 10.7. The first-order valence-corrected chi connectivity index (χ1v) is 16.9. The molecule has 0 aliphatic rings. The van der Waals surface area contributed by atoms with Crippen LogP contribution in [0.3, 0.4) is 0 Å². The normalized spacial score (nSPS) is 11.9. The van der Waals surface area contributed by atoms with Crippen molar-refractivity contribution in [1.29, 1.82) is 0 Å². The van der Waals surface area contributed by atoms with Gasteiger partial charge in [-0.15, -0.1) is 0 Å². The Labute approximate surface area is 290 Å². The zero-order valence-corrected chi connectivity index (χ0v) is 27.1. The van der Waals surface area contributed by atoms with E-state index in [1.165, 1.54) is 10.8 Å². The fourth-order valence-electron chi connectivity index (χ4n) is 7.54. The Hall–Kier alpha value is -7.05. The quantitative estimate of drug-likeness (QED) is 0.189. The Morgan fingerprint density at radius 1 is 0.373 bits per heavy atom. The fourth-order valence-corrected chi connectivity index (χ4v) is 7.54. The van der Waals surface area contributed by atoms with Gasteiger partial charge in [0.1, 0.15) is 16.7 Å². The van der Waals surface area contributed by atoms with E-state index in [1.54, 1.807) is 0 Å². The number of rotatable bonds is 4. The van der Waals surface area contributed by atoms with Crippen molar-refractivity contribution in [1.82, 2.24) is 19.5 Å². The van der Waals surface area contributed by atoms with Gasteiger partial charge in [-0.3, -0.25) is 0 Å². The molecule has 4 aromatic heterocycles. The Morgan fingerprint density at radius 2 is 0.922 bits per heavy atom. The van der Waals surface area contributed by atoms with E-state index in [0.717, 1.165) is 77.3 Å². The van der Waals surface area contributed by atoms with Crippen molar-refractivity contribution in [3.05, 3.63) is 158 Å². The summed E-state index contributed by atoms with van der Waals surface area (Å²) in [5.41, 5.74) is 9.13. The van der Waals surface area contributed by atoms with Gasteiger partial charge in [-0.05, 0) is 48.5 Å². The third-order valence-electron chi connectivity index (χ3n) is 9.86. The molecule has 0 bridgehead atoms. The van der Waals surface area contributed by atoms with Gasteiger partial charge >= 0.3 is 0 Å². The minimum Gasteiger partial charge on any atom is -0.456 e. The highest BCUT2D eigenvalue weighted by atomic mass is 16.3. The molecule has 6 nitrogen and oxygen atoms in total. The predicted molar refractivity (Wildman–Crippen MR) is 205 cm³/mol. The van der Waals surface area contributed by atoms with Gasteiger partial charge in [0.15, 0.2) is 23.1 Å². The number of aromatic nitrogens is 4. The van der Waals surface area contributed by atoms with Crippen molar-refractivity contribution < 1.29 is 8.83 Å². The van der Waals surface area contributed by atoms with Gasteiger partial charge in [0, 0.05) is 43.6 Å². The number of furan rings is 2. The predicted octanol–water partition coefficient (Wildman–Crippen LogP) is 11.8. The molecular formula is C45H26N4O2. The molecule has 0 radical (unpaired) electrons. The number of para-hydroxylation sites is 3. The number of benzene rings is 7. The SMILES string of the molecule is c1ccc(-c2nc(-c3ccccc3)nc(-c3ccc4oc5ccc6c7cccc(-n8c9ccccc9c9ccccc98)c7oc6c5c4c3)n2)cc1. The van der Waals surface area contributed by atoms with Crippen LogP contribution in [-0.2, 0) is 0 Å². The van der Waals surface area contributed by atoms with Crippen LogP contribution < -0.4 is 0 Å². The highest BCUT2D eigenvalue weighted by Gasteiger charge is 2.21. The molecule has 0 aliphatic heterocycles. The number of nitrogens with zero attached hydrogens (tertiary/aromatic N) is 4. The first-order valence-electron chi connectivity index (χ1n) is 16.9. The fraction of sp³-hybridized carbons (Fsp3) is 0. The second-order valence-corrected chi connectivity index (χ2v) is 12.8. The first kappa shape index (κ1) is 27.9. The van der Waals surface area contributed by atoms with Gasteiger partial charge < -0.3 is 13.4 Å². The average molecular weight is 655 g/mol. The van der Waals surface area contributed by atoms with Crippen LogP contribution in [0, 0.1) is 0 Å². The van der Waals surface area contributed by atoms with Crippen LogP contribution >= 0.6 is 0 Å². The molecular weight excluding hydrogens is 629 g/mol. The molecule has 0 saturated carbocycles. The molecule has 0 saturated heterocycles. The lowest BCUT2D eigenvalue weighted by molar-refractivity contribution is 0.661. The highest BCUT2D eigenvalue weighted by molar-refractivity contribution is 6.23. The van der Waals surface area contributed by atoms with Gasteiger partial charge in [-0.1, -0.05) is 109 Å². The van der Waals surface area contributed by atoms with E-state index in [9.17, 15) is 0 Å². The molecule has 0 atom stereocenters. The van der Waals surface area contributed by atoms with E-state index in [2.05, 4.69) is 83.4 Å². The van der Waals surface area contributed by atoms with E-state index in [-0.39, 0.29) is 0 Å². The van der Waals surface area contributed by atoms with Crippen LogP contribution in [0.2, 0.25) is 0 Å². The van der Waals surface area contributed by atoms with Crippen molar-refractivity contribution in [3.63, 3.8) is 0 Å². The molecule has 0 fully saturated rings. The van der Waals surface area contributed by atoms with Crippen LogP contribution in [0.4, 0.5) is 0 Å². The van der Waals surface area contributed by atoms with Crippen LogP contribution in [0.15, 0.2) is 167 Å². The molecule has 51 heavy (non-hydrogen) atoms. The molecule has 0 spiro atoms. The summed E-state index contributed by atoms with van der Waals surface area (Å²) in [4.78, 5) is 14.8. The maximum Gasteiger partial charge on any atom is 0.164 e. The van der Waals surface area contributed by atoms with Crippen molar-refractivity contribution in [2.75, 3.05) is 0 Å². The summed E-state index contributed by atoms with van der Waals surface area (Å²) < 4.78 is 15.7. The summed E-state index contributed by atoms with van der Waals surface area (Å²) >= 11 is 0. The zero-order chi connectivity index (χ0) is 33.5. The highest BCUT2D eigenvalue weighted by Crippen LogP contribution is 2.43. The van der Waals surface area contributed by atoms with E-state index in [4.69, 9.17) is 23.8 Å². The standard InChI is InChI=1S/C45H26N4O2/c1-3-12-27(13-4-1)43-46-44(28-14-5-2-6-15-28)48-45(47-43)29-22-24-38-34(26-29)40-39(50-38)25-23-33-32-18-11-21-37(41(32)51-42(33)40)49-35-19-9-7-16-30(35)31-17-8-10-20-36(31)49/h1-26H. The molecule has 0 unspecified atom stereocenters. The van der Waals surface area contributed by atoms with Crippen LogP contribution in [0.5, 0.6) is 0 Å². The van der Waals surface area contributed by atoms with Crippen LogP contribution in [0.25, 0.3) is 106 Å². The molecule has 4 heterocycles. The molecule has 7 aromatic carbocycles. The molecule has 0 amide bonds. The monoisotopic (exact) mass is 654 g/mol. The van der Waals surface area contributed by atoms with E-state index in [1.807, 2.05) is 78.9 Å². The lowest BCUT2D eigenvalue weighted by atomic mass is 10.1. The molecule has 0 aliphatic carbocycles. The Bertz CT molecular complexity index is 3030.